The Morgan fingerprint density at radius 3 is 3.00 bits per heavy atom. The lowest BCUT2D eigenvalue weighted by Crippen LogP contribution is -2.42. The van der Waals surface area contributed by atoms with Gasteiger partial charge in [0.2, 0.25) is 5.91 Å². The van der Waals surface area contributed by atoms with Crippen molar-refractivity contribution >= 4 is 17.5 Å². The Hall–Kier alpha value is -1.10. The van der Waals surface area contributed by atoms with Crippen LogP contribution < -0.4 is 5.32 Å². The molecule has 5 rings (SSSR count). The second kappa shape index (κ2) is 6.22. The predicted molar refractivity (Wildman–Crippen MR) is 101 cm³/mol. The second-order valence-corrected chi connectivity index (χ2v) is 9.23. The molecule has 4 fully saturated rings. The van der Waals surface area contributed by atoms with E-state index in [2.05, 4.69) is 23.2 Å². The van der Waals surface area contributed by atoms with Crippen molar-refractivity contribution in [3.05, 3.63) is 34.3 Å². The van der Waals surface area contributed by atoms with Crippen LogP contribution in [0, 0.1) is 24.7 Å². The van der Waals surface area contributed by atoms with Crippen molar-refractivity contribution < 1.29 is 9.53 Å². The summed E-state index contributed by atoms with van der Waals surface area (Å²) in [6.07, 6.45) is 4.80. The first-order valence-corrected chi connectivity index (χ1v) is 10.3. The number of hydrogen-bond donors (Lipinski definition) is 1. The number of rotatable bonds is 5. The number of hydrogen-bond acceptors (Lipinski definition) is 3. The summed E-state index contributed by atoms with van der Waals surface area (Å²) in [6, 6.07) is 6.18. The third-order valence-corrected chi connectivity index (χ3v) is 7.25. The van der Waals surface area contributed by atoms with E-state index in [9.17, 15) is 4.79 Å². The van der Waals surface area contributed by atoms with E-state index in [0.717, 1.165) is 50.5 Å². The Balaban J connectivity index is 1.27. The van der Waals surface area contributed by atoms with Crippen LogP contribution in [0.2, 0.25) is 5.02 Å². The van der Waals surface area contributed by atoms with Crippen molar-refractivity contribution in [1.29, 1.82) is 0 Å². The lowest BCUT2D eigenvalue weighted by Gasteiger charge is -2.29. The van der Waals surface area contributed by atoms with Crippen LogP contribution in [0.1, 0.15) is 36.8 Å². The minimum atomic E-state index is 0.0277. The Labute approximate surface area is 160 Å². The van der Waals surface area contributed by atoms with E-state index >= 15 is 0 Å². The molecule has 4 atom stereocenters. The summed E-state index contributed by atoms with van der Waals surface area (Å²) in [6.45, 7) is 5.97. The van der Waals surface area contributed by atoms with E-state index < -0.39 is 0 Å². The fourth-order valence-corrected chi connectivity index (χ4v) is 5.69. The Bertz CT molecular complexity index is 735. The van der Waals surface area contributed by atoms with Gasteiger partial charge in [0.1, 0.15) is 0 Å². The highest BCUT2D eigenvalue weighted by atomic mass is 35.5. The topological polar surface area (TPSA) is 41.6 Å². The SMILES string of the molecule is Cc1cc(Cl)ccc1CN1C[C@@H]2[C@H](CNC(=O)C3CC3)[C@H]3CC[C@]2(C1)O3. The number of benzene rings is 1. The molecule has 1 saturated carbocycles. The highest BCUT2D eigenvalue weighted by molar-refractivity contribution is 6.30. The third kappa shape index (κ3) is 2.87. The fraction of sp³-hybridized carbons (Fsp3) is 0.667. The average molecular weight is 375 g/mol. The fourth-order valence-electron chi connectivity index (χ4n) is 5.47. The number of nitrogens with zero attached hydrogens (tertiary/aromatic N) is 1. The van der Waals surface area contributed by atoms with Crippen LogP contribution in [0.5, 0.6) is 0 Å². The molecule has 3 heterocycles. The van der Waals surface area contributed by atoms with Crippen LogP contribution in [-0.4, -0.2) is 42.1 Å². The molecular weight excluding hydrogens is 348 g/mol. The van der Waals surface area contributed by atoms with Crippen molar-refractivity contribution in [1.82, 2.24) is 10.2 Å². The second-order valence-electron chi connectivity index (χ2n) is 8.79. The largest absolute Gasteiger partial charge is 0.370 e. The summed E-state index contributed by atoms with van der Waals surface area (Å²) in [5.41, 5.74) is 2.63. The maximum Gasteiger partial charge on any atom is 0.223 e. The quantitative estimate of drug-likeness (QED) is 0.860. The zero-order chi connectivity index (χ0) is 17.9. The Morgan fingerprint density at radius 1 is 1.38 bits per heavy atom. The predicted octanol–water partition coefficient (Wildman–Crippen LogP) is 3.15. The molecule has 1 aromatic rings. The number of aryl methyl sites for hydroxylation is 1. The average Bonchev–Trinajstić information content (AvgIpc) is 3.20. The van der Waals surface area contributed by atoms with Crippen molar-refractivity contribution in [3.63, 3.8) is 0 Å². The summed E-state index contributed by atoms with van der Waals surface area (Å²) in [7, 11) is 0. The van der Waals surface area contributed by atoms with Crippen molar-refractivity contribution in [2.75, 3.05) is 19.6 Å². The number of fused-ring (bicyclic) bond motifs is 1. The third-order valence-electron chi connectivity index (χ3n) is 7.01. The number of carbonyl (C=O) groups is 1. The number of carbonyl (C=O) groups excluding carboxylic acids is 1. The molecule has 3 saturated heterocycles. The molecule has 1 aromatic carbocycles. The molecule has 140 valence electrons. The highest BCUT2D eigenvalue weighted by Crippen LogP contribution is 2.54. The minimum Gasteiger partial charge on any atom is -0.370 e. The Kier molecular flexibility index (Phi) is 4.07. The molecule has 1 spiro atoms. The summed E-state index contributed by atoms with van der Waals surface area (Å²) in [5, 5.41) is 4.01. The van der Waals surface area contributed by atoms with Gasteiger partial charge < -0.3 is 10.1 Å². The van der Waals surface area contributed by atoms with Crippen molar-refractivity contribution in [2.45, 2.75) is 50.9 Å². The van der Waals surface area contributed by atoms with Crippen LogP contribution >= 0.6 is 11.6 Å². The number of nitrogens with one attached hydrogen (secondary N) is 1. The molecule has 4 nitrogen and oxygen atoms in total. The smallest absolute Gasteiger partial charge is 0.223 e. The van der Waals surface area contributed by atoms with Gasteiger partial charge in [-0.1, -0.05) is 17.7 Å². The molecule has 1 amide bonds. The summed E-state index contributed by atoms with van der Waals surface area (Å²) >= 11 is 6.10. The van der Waals surface area contributed by atoms with Crippen LogP contribution in [0.25, 0.3) is 0 Å². The minimum absolute atomic E-state index is 0.0277. The molecule has 2 bridgehead atoms. The molecule has 26 heavy (non-hydrogen) atoms. The normalized spacial score (nSPS) is 35.7. The maximum atomic E-state index is 12.1. The monoisotopic (exact) mass is 374 g/mol. The van der Waals surface area contributed by atoms with E-state index in [1.807, 2.05) is 12.1 Å². The van der Waals surface area contributed by atoms with Crippen LogP contribution in [0.3, 0.4) is 0 Å². The van der Waals surface area contributed by atoms with Gasteiger partial charge in [0.25, 0.3) is 0 Å². The van der Waals surface area contributed by atoms with Crippen LogP contribution in [-0.2, 0) is 16.1 Å². The van der Waals surface area contributed by atoms with Crippen molar-refractivity contribution in [3.8, 4) is 0 Å². The van der Waals surface area contributed by atoms with Crippen LogP contribution in [0.15, 0.2) is 18.2 Å². The molecule has 1 N–H and O–H groups in total. The Morgan fingerprint density at radius 2 is 2.23 bits per heavy atom. The standard InChI is InChI=1S/C21H27ClN2O2/c1-13-8-16(22)5-4-15(13)10-24-11-18-17(9-23-20(25)14-2-3-14)19-6-7-21(18,12-24)26-19/h4-5,8,14,17-19H,2-3,6-7,9-12H2,1H3,(H,23,25)/t17-,18+,19+,21+/m0/s1. The van der Waals surface area contributed by atoms with Gasteiger partial charge in [-0.05, 0) is 55.9 Å². The van der Waals surface area contributed by atoms with E-state index in [0.29, 0.717) is 17.9 Å². The van der Waals surface area contributed by atoms with Gasteiger partial charge in [-0.15, -0.1) is 0 Å². The summed E-state index contributed by atoms with van der Waals surface area (Å²) < 4.78 is 6.51. The summed E-state index contributed by atoms with van der Waals surface area (Å²) in [5.74, 6) is 1.57. The van der Waals surface area contributed by atoms with Gasteiger partial charge in [-0.2, -0.15) is 0 Å². The van der Waals surface area contributed by atoms with E-state index in [1.165, 1.54) is 17.5 Å². The lowest BCUT2D eigenvalue weighted by molar-refractivity contribution is -0.122. The highest BCUT2D eigenvalue weighted by Gasteiger charge is 2.62. The number of likely N-dealkylation sites (tertiary alicyclic amines) is 1. The number of ether oxygens (including phenoxy) is 1. The summed E-state index contributed by atoms with van der Waals surface area (Å²) in [4.78, 5) is 14.6. The maximum absolute atomic E-state index is 12.1. The van der Waals surface area contributed by atoms with Gasteiger partial charge >= 0.3 is 0 Å². The zero-order valence-corrected chi connectivity index (χ0v) is 16.1. The van der Waals surface area contributed by atoms with E-state index in [-0.39, 0.29) is 17.4 Å². The molecule has 0 unspecified atom stereocenters. The first-order valence-electron chi connectivity index (χ1n) is 9.97. The molecular formula is C21H27ClN2O2. The molecule has 4 aliphatic rings. The first kappa shape index (κ1) is 17.0. The van der Waals surface area contributed by atoms with Gasteiger partial charge in [0.15, 0.2) is 0 Å². The van der Waals surface area contributed by atoms with Crippen LogP contribution in [0.4, 0.5) is 0 Å². The zero-order valence-electron chi connectivity index (χ0n) is 15.3. The lowest BCUT2D eigenvalue weighted by atomic mass is 9.73. The van der Waals surface area contributed by atoms with Gasteiger partial charge in [0.05, 0.1) is 11.7 Å². The van der Waals surface area contributed by atoms with E-state index in [1.54, 1.807) is 0 Å². The first-order chi connectivity index (χ1) is 12.5. The van der Waals surface area contributed by atoms with Crippen molar-refractivity contribution in [2.24, 2.45) is 17.8 Å². The van der Waals surface area contributed by atoms with Gasteiger partial charge in [-0.25, -0.2) is 0 Å². The molecule has 0 aromatic heterocycles. The molecule has 5 heteroatoms. The molecule has 3 aliphatic heterocycles. The van der Waals surface area contributed by atoms with Gasteiger partial charge in [-0.3, -0.25) is 9.69 Å². The molecule has 1 aliphatic carbocycles. The van der Waals surface area contributed by atoms with Gasteiger partial charge in [0, 0.05) is 49.0 Å². The van der Waals surface area contributed by atoms with E-state index in [4.69, 9.17) is 16.3 Å². The molecule has 0 radical (unpaired) electrons. The number of amides is 1. The number of halogens is 1.